The predicted octanol–water partition coefficient (Wildman–Crippen LogP) is 2.91. The van der Waals surface area contributed by atoms with Gasteiger partial charge in [-0.1, -0.05) is 32.0 Å². The van der Waals surface area contributed by atoms with E-state index in [2.05, 4.69) is 33.7 Å². The maximum Gasteiger partial charge on any atom is 0.251 e. The number of nitrogens with zero attached hydrogens (tertiary/aromatic N) is 3. The summed E-state index contributed by atoms with van der Waals surface area (Å²) in [5.41, 5.74) is 8.21. The monoisotopic (exact) mass is 399 g/mol. The van der Waals surface area contributed by atoms with Crippen LogP contribution in [0.15, 0.2) is 30.6 Å². The van der Waals surface area contributed by atoms with Gasteiger partial charge < -0.3 is 25.1 Å². The second-order valence-electron chi connectivity index (χ2n) is 7.35. The average Bonchev–Trinajstić information content (AvgIpc) is 3.09. The molecule has 8 heteroatoms. The lowest BCUT2D eigenvalue weighted by Gasteiger charge is -2.12. The zero-order chi connectivity index (χ0) is 20.8. The van der Waals surface area contributed by atoms with Crippen LogP contribution in [0.2, 0.25) is 0 Å². The van der Waals surface area contributed by atoms with Gasteiger partial charge in [-0.2, -0.15) is 0 Å². The normalized spacial score (nSPS) is 12.7. The van der Waals surface area contributed by atoms with Crippen LogP contribution in [0, 0.1) is 5.92 Å². The number of carbonyl (C=O) groups is 1. The lowest BCUT2D eigenvalue weighted by atomic mass is 10.1. The van der Waals surface area contributed by atoms with Crippen molar-refractivity contribution in [3.63, 3.8) is 0 Å². The summed E-state index contributed by atoms with van der Waals surface area (Å²) in [4.78, 5) is 21.5. The molecular formula is C21H29N5O3. The van der Waals surface area contributed by atoms with Crippen molar-refractivity contribution in [2.45, 2.75) is 40.0 Å². The first-order chi connectivity index (χ1) is 14.0. The maximum atomic E-state index is 12.4. The van der Waals surface area contributed by atoms with Crippen molar-refractivity contribution in [1.82, 2.24) is 14.5 Å². The van der Waals surface area contributed by atoms with Crippen molar-refractivity contribution in [1.29, 1.82) is 0 Å². The van der Waals surface area contributed by atoms with Gasteiger partial charge in [-0.15, -0.1) is 0 Å². The van der Waals surface area contributed by atoms with Gasteiger partial charge in [0.2, 0.25) is 0 Å². The summed E-state index contributed by atoms with van der Waals surface area (Å²) in [6.07, 6.45) is 1.95. The van der Waals surface area contributed by atoms with Gasteiger partial charge in [0.25, 0.3) is 5.91 Å². The number of hydrogen-bond donors (Lipinski definition) is 2. The van der Waals surface area contributed by atoms with E-state index < -0.39 is 0 Å². The highest BCUT2D eigenvalue weighted by atomic mass is 16.5. The Kier molecular flexibility index (Phi) is 7.13. The molecule has 2 heterocycles. The van der Waals surface area contributed by atoms with Crippen LogP contribution in [0.3, 0.4) is 0 Å². The van der Waals surface area contributed by atoms with E-state index in [-0.39, 0.29) is 18.7 Å². The van der Waals surface area contributed by atoms with Crippen LogP contribution in [0.25, 0.3) is 21.9 Å². The molecule has 2 aromatic heterocycles. The number of imidazole rings is 1. The molecular weight excluding hydrogens is 370 g/mol. The molecule has 0 aliphatic heterocycles. The molecule has 0 spiro atoms. The van der Waals surface area contributed by atoms with Gasteiger partial charge in [0.1, 0.15) is 18.4 Å². The summed E-state index contributed by atoms with van der Waals surface area (Å²) in [6, 6.07) is 7.87. The molecule has 29 heavy (non-hydrogen) atoms. The molecule has 0 bridgehead atoms. The Labute approximate surface area is 170 Å². The number of rotatable bonds is 10. The summed E-state index contributed by atoms with van der Waals surface area (Å²) in [5.74, 6) is 0.632. The number of carbonyl (C=O) groups excluding carboxylic acids is 1. The Morgan fingerprint density at radius 1 is 1.31 bits per heavy atom. The topological polar surface area (TPSA) is 104 Å². The molecule has 3 N–H and O–H groups in total. The van der Waals surface area contributed by atoms with Crippen molar-refractivity contribution in [3.8, 4) is 0 Å². The Hall–Kier alpha value is -2.55. The van der Waals surface area contributed by atoms with Gasteiger partial charge in [-0.05, 0) is 18.9 Å². The number of nitrogens with two attached hydrogens (primary N) is 1. The zero-order valence-electron chi connectivity index (χ0n) is 17.2. The summed E-state index contributed by atoms with van der Waals surface area (Å²) in [7, 11) is 0. The number of benzene rings is 1. The first kappa shape index (κ1) is 21.2. The van der Waals surface area contributed by atoms with E-state index in [4.69, 9.17) is 15.2 Å². The smallest absolute Gasteiger partial charge is 0.251 e. The number of para-hydroxylation sites is 1. The van der Waals surface area contributed by atoms with Gasteiger partial charge in [-0.25, -0.2) is 9.97 Å². The molecule has 1 amide bonds. The van der Waals surface area contributed by atoms with Crippen molar-refractivity contribution in [2.75, 3.05) is 25.1 Å². The minimum Gasteiger partial charge on any atom is -0.371 e. The van der Waals surface area contributed by atoms with Crippen LogP contribution in [0.4, 0.5) is 5.82 Å². The molecule has 0 saturated carbocycles. The second kappa shape index (κ2) is 9.78. The third kappa shape index (κ3) is 5.29. The molecule has 156 valence electrons. The minimum absolute atomic E-state index is 0.0818. The molecule has 0 aliphatic rings. The van der Waals surface area contributed by atoms with Crippen molar-refractivity contribution >= 4 is 33.7 Å². The summed E-state index contributed by atoms with van der Waals surface area (Å²) >= 11 is 0. The number of pyridine rings is 1. The van der Waals surface area contributed by atoms with E-state index in [0.29, 0.717) is 36.9 Å². The Morgan fingerprint density at radius 2 is 2.10 bits per heavy atom. The van der Waals surface area contributed by atoms with Gasteiger partial charge >= 0.3 is 0 Å². The summed E-state index contributed by atoms with van der Waals surface area (Å²) in [5, 5.41) is 3.86. The number of hydrogen-bond acceptors (Lipinski definition) is 6. The lowest BCUT2D eigenvalue weighted by Crippen LogP contribution is -2.26. The summed E-state index contributed by atoms with van der Waals surface area (Å²) < 4.78 is 12.8. The van der Waals surface area contributed by atoms with E-state index in [1.165, 1.54) is 0 Å². The number of fused-ring (bicyclic) bond motifs is 3. The Balaban J connectivity index is 1.76. The molecule has 3 aromatic rings. The third-order valence-electron chi connectivity index (χ3n) is 4.43. The quantitative estimate of drug-likeness (QED) is 0.401. The highest BCUT2D eigenvalue weighted by molar-refractivity contribution is 6.09. The minimum atomic E-state index is -0.380. The molecule has 8 nitrogen and oxygen atoms in total. The number of nitrogens with one attached hydrogen (secondary N) is 1. The first-order valence-corrected chi connectivity index (χ1v) is 9.98. The molecule has 1 aromatic carbocycles. The van der Waals surface area contributed by atoms with E-state index in [1.54, 1.807) is 6.33 Å². The SMILES string of the molecule is CCOC(N)CCOCC(=O)Nc1nc2ccccc2c2c1ncn2CC(C)C. The van der Waals surface area contributed by atoms with E-state index >= 15 is 0 Å². The lowest BCUT2D eigenvalue weighted by molar-refractivity contribution is -0.121. The van der Waals surface area contributed by atoms with Crippen molar-refractivity contribution in [3.05, 3.63) is 30.6 Å². The van der Waals surface area contributed by atoms with Crippen LogP contribution in [0.5, 0.6) is 0 Å². The molecule has 0 radical (unpaired) electrons. The number of anilines is 1. The molecule has 0 aliphatic carbocycles. The van der Waals surface area contributed by atoms with Crippen LogP contribution in [0.1, 0.15) is 27.2 Å². The Bertz CT molecular complexity index is 970. The Morgan fingerprint density at radius 3 is 2.86 bits per heavy atom. The van der Waals surface area contributed by atoms with E-state index in [1.807, 2.05) is 31.2 Å². The highest BCUT2D eigenvalue weighted by Gasteiger charge is 2.16. The molecule has 0 fully saturated rings. The van der Waals surface area contributed by atoms with Crippen LogP contribution in [-0.2, 0) is 20.8 Å². The predicted molar refractivity (Wildman–Crippen MR) is 114 cm³/mol. The van der Waals surface area contributed by atoms with E-state index in [0.717, 1.165) is 23.0 Å². The third-order valence-corrected chi connectivity index (χ3v) is 4.43. The van der Waals surface area contributed by atoms with Gasteiger partial charge in [-0.3, -0.25) is 4.79 Å². The largest absolute Gasteiger partial charge is 0.371 e. The fourth-order valence-corrected chi connectivity index (χ4v) is 3.23. The van der Waals surface area contributed by atoms with Crippen molar-refractivity contribution < 1.29 is 14.3 Å². The van der Waals surface area contributed by atoms with Crippen molar-refractivity contribution in [2.24, 2.45) is 11.7 Å². The standard InChI is InChI=1S/C21H29N5O3/c1-4-29-17(22)9-10-28-12-18(27)25-21-19-20(26(13-23-19)11-14(2)3)15-7-5-6-8-16(15)24-21/h5-8,13-14,17H,4,9-12,22H2,1-3H3,(H,24,25,27). The maximum absolute atomic E-state index is 12.4. The van der Waals surface area contributed by atoms with Gasteiger partial charge in [0.05, 0.1) is 24.0 Å². The fraction of sp³-hybridized carbons (Fsp3) is 0.476. The number of amides is 1. The molecule has 1 atom stereocenters. The van der Waals surface area contributed by atoms with Gasteiger partial charge in [0.15, 0.2) is 5.82 Å². The van der Waals surface area contributed by atoms with Crippen LogP contribution in [-0.4, -0.2) is 46.5 Å². The molecule has 0 saturated heterocycles. The molecule has 1 unspecified atom stereocenters. The second-order valence-corrected chi connectivity index (χ2v) is 7.35. The van der Waals surface area contributed by atoms with E-state index in [9.17, 15) is 4.79 Å². The fourth-order valence-electron chi connectivity index (χ4n) is 3.23. The average molecular weight is 399 g/mol. The van der Waals surface area contributed by atoms with Crippen LogP contribution < -0.4 is 11.1 Å². The summed E-state index contributed by atoms with van der Waals surface area (Å²) in [6.45, 7) is 7.85. The molecule has 3 rings (SSSR count). The number of ether oxygens (including phenoxy) is 2. The number of aromatic nitrogens is 3. The zero-order valence-corrected chi connectivity index (χ0v) is 17.2. The van der Waals surface area contributed by atoms with Crippen LogP contribution >= 0.6 is 0 Å². The first-order valence-electron chi connectivity index (χ1n) is 9.98. The highest BCUT2D eigenvalue weighted by Crippen LogP contribution is 2.29. The van der Waals surface area contributed by atoms with Gasteiger partial charge in [0, 0.05) is 25.0 Å².